The maximum Gasteiger partial charge on any atom is 0.0602 e. The third-order valence-corrected chi connectivity index (χ3v) is 3.96. The highest BCUT2D eigenvalue weighted by atomic mass is 16.3. The van der Waals surface area contributed by atoms with E-state index < -0.39 is 0 Å². The lowest BCUT2D eigenvalue weighted by Gasteiger charge is -2.34. The summed E-state index contributed by atoms with van der Waals surface area (Å²) in [6.07, 6.45) is 4.62. The summed E-state index contributed by atoms with van der Waals surface area (Å²) in [4.78, 5) is 2.44. The standard InChI is InChI=1S/C16H26N2O/c1-2-3-10-17-15-6-4-5-7-16(15)18-11-8-14(13-19)9-12-18/h4-7,14,17,19H,2-3,8-13H2,1H3. The second-order valence-corrected chi connectivity index (χ2v) is 5.41. The van der Waals surface area contributed by atoms with Crippen LogP contribution in [0.1, 0.15) is 32.6 Å². The van der Waals surface area contributed by atoms with Crippen LogP contribution in [0.2, 0.25) is 0 Å². The second-order valence-electron chi connectivity index (χ2n) is 5.41. The van der Waals surface area contributed by atoms with Crippen LogP contribution in [-0.4, -0.2) is 31.3 Å². The lowest BCUT2D eigenvalue weighted by molar-refractivity contribution is 0.203. The molecule has 0 radical (unpaired) electrons. The third kappa shape index (κ3) is 3.87. The lowest BCUT2D eigenvalue weighted by atomic mass is 9.97. The first-order valence-corrected chi connectivity index (χ1v) is 7.54. The fraction of sp³-hybridized carbons (Fsp3) is 0.625. The minimum absolute atomic E-state index is 0.338. The molecule has 0 aliphatic carbocycles. The number of unbranched alkanes of at least 4 members (excludes halogenated alkanes) is 1. The number of piperidine rings is 1. The first-order valence-electron chi connectivity index (χ1n) is 7.54. The first-order chi connectivity index (χ1) is 9.35. The number of anilines is 2. The molecule has 1 saturated heterocycles. The molecule has 3 nitrogen and oxygen atoms in total. The molecule has 1 aromatic rings. The van der Waals surface area contributed by atoms with E-state index in [0.717, 1.165) is 32.5 Å². The molecule has 3 heteroatoms. The molecule has 1 aromatic carbocycles. The highest BCUT2D eigenvalue weighted by Gasteiger charge is 2.20. The number of nitrogens with zero attached hydrogens (tertiary/aromatic N) is 1. The van der Waals surface area contributed by atoms with Gasteiger partial charge in [0, 0.05) is 26.2 Å². The van der Waals surface area contributed by atoms with Crippen molar-refractivity contribution in [3.8, 4) is 0 Å². The molecule has 0 amide bonds. The molecule has 2 rings (SSSR count). The van der Waals surface area contributed by atoms with Crippen LogP contribution in [0.25, 0.3) is 0 Å². The largest absolute Gasteiger partial charge is 0.396 e. The van der Waals surface area contributed by atoms with E-state index in [1.165, 1.54) is 24.2 Å². The van der Waals surface area contributed by atoms with Crippen LogP contribution in [0, 0.1) is 5.92 Å². The molecule has 1 heterocycles. The number of para-hydroxylation sites is 2. The molecule has 106 valence electrons. The van der Waals surface area contributed by atoms with E-state index in [1.54, 1.807) is 0 Å². The molecule has 0 saturated carbocycles. The van der Waals surface area contributed by atoms with Gasteiger partial charge in [-0.25, -0.2) is 0 Å². The van der Waals surface area contributed by atoms with Crippen molar-refractivity contribution in [2.45, 2.75) is 32.6 Å². The number of aliphatic hydroxyl groups excluding tert-OH is 1. The van der Waals surface area contributed by atoms with E-state index in [4.69, 9.17) is 0 Å². The van der Waals surface area contributed by atoms with Crippen LogP contribution < -0.4 is 10.2 Å². The van der Waals surface area contributed by atoms with E-state index in [9.17, 15) is 5.11 Å². The van der Waals surface area contributed by atoms with E-state index in [0.29, 0.717) is 12.5 Å². The number of hydrogen-bond donors (Lipinski definition) is 2. The molecular weight excluding hydrogens is 236 g/mol. The number of nitrogens with one attached hydrogen (secondary N) is 1. The van der Waals surface area contributed by atoms with Crippen molar-refractivity contribution in [3.05, 3.63) is 24.3 Å². The van der Waals surface area contributed by atoms with Gasteiger partial charge >= 0.3 is 0 Å². The Morgan fingerprint density at radius 1 is 1.26 bits per heavy atom. The van der Waals surface area contributed by atoms with Gasteiger partial charge in [-0.15, -0.1) is 0 Å². The Morgan fingerprint density at radius 3 is 2.68 bits per heavy atom. The summed E-state index contributed by atoms with van der Waals surface area (Å²) in [7, 11) is 0. The topological polar surface area (TPSA) is 35.5 Å². The summed E-state index contributed by atoms with van der Waals surface area (Å²) in [5.74, 6) is 0.497. The maximum absolute atomic E-state index is 9.21. The summed E-state index contributed by atoms with van der Waals surface area (Å²) in [6.45, 7) is 5.70. The summed E-state index contributed by atoms with van der Waals surface area (Å²) in [5.41, 5.74) is 2.56. The SMILES string of the molecule is CCCCNc1ccccc1N1CCC(CO)CC1. The molecule has 0 spiro atoms. The molecule has 0 bridgehead atoms. The Labute approximate surface area is 116 Å². The Balaban J connectivity index is 1.99. The van der Waals surface area contributed by atoms with Crippen molar-refractivity contribution in [1.82, 2.24) is 0 Å². The number of aliphatic hydroxyl groups is 1. The molecular formula is C16H26N2O. The van der Waals surface area contributed by atoms with E-state index >= 15 is 0 Å². The normalized spacial score (nSPS) is 16.6. The Morgan fingerprint density at radius 2 is 2.00 bits per heavy atom. The molecule has 0 aromatic heterocycles. The van der Waals surface area contributed by atoms with Gasteiger partial charge in [0.25, 0.3) is 0 Å². The monoisotopic (exact) mass is 262 g/mol. The van der Waals surface area contributed by atoms with Crippen molar-refractivity contribution in [3.63, 3.8) is 0 Å². The van der Waals surface area contributed by atoms with Gasteiger partial charge in [0.2, 0.25) is 0 Å². The van der Waals surface area contributed by atoms with Gasteiger partial charge in [-0.1, -0.05) is 25.5 Å². The summed E-state index contributed by atoms with van der Waals surface area (Å²) in [5, 5.41) is 12.8. The Bertz CT molecular complexity index is 373. The molecule has 0 atom stereocenters. The van der Waals surface area contributed by atoms with Gasteiger partial charge in [-0.3, -0.25) is 0 Å². The average Bonchev–Trinajstić information content (AvgIpc) is 2.48. The first kappa shape index (κ1) is 14.2. The van der Waals surface area contributed by atoms with E-state index in [-0.39, 0.29) is 0 Å². The Kier molecular flexibility index (Phi) is 5.52. The smallest absolute Gasteiger partial charge is 0.0602 e. The second kappa shape index (κ2) is 7.39. The summed E-state index contributed by atoms with van der Waals surface area (Å²) in [6, 6.07) is 8.58. The van der Waals surface area contributed by atoms with Crippen molar-refractivity contribution >= 4 is 11.4 Å². The van der Waals surface area contributed by atoms with Crippen LogP contribution >= 0.6 is 0 Å². The van der Waals surface area contributed by atoms with Crippen molar-refractivity contribution in [2.75, 3.05) is 36.5 Å². The summed E-state index contributed by atoms with van der Waals surface area (Å²) >= 11 is 0. The fourth-order valence-electron chi connectivity index (χ4n) is 2.66. The number of rotatable bonds is 6. The van der Waals surface area contributed by atoms with Crippen LogP contribution in [-0.2, 0) is 0 Å². The van der Waals surface area contributed by atoms with Gasteiger partial charge in [-0.2, -0.15) is 0 Å². The van der Waals surface area contributed by atoms with Crippen LogP contribution in [0.4, 0.5) is 11.4 Å². The zero-order valence-corrected chi connectivity index (χ0v) is 11.9. The quantitative estimate of drug-likeness (QED) is 0.773. The minimum atomic E-state index is 0.338. The predicted molar refractivity (Wildman–Crippen MR) is 81.9 cm³/mol. The molecule has 1 aliphatic rings. The van der Waals surface area contributed by atoms with Gasteiger partial charge in [0.15, 0.2) is 0 Å². The zero-order valence-electron chi connectivity index (χ0n) is 11.9. The average molecular weight is 262 g/mol. The van der Waals surface area contributed by atoms with Crippen LogP contribution in [0.5, 0.6) is 0 Å². The molecule has 0 unspecified atom stereocenters. The van der Waals surface area contributed by atoms with Crippen molar-refractivity contribution < 1.29 is 5.11 Å². The van der Waals surface area contributed by atoms with Crippen LogP contribution in [0.3, 0.4) is 0 Å². The van der Waals surface area contributed by atoms with Gasteiger partial charge < -0.3 is 15.3 Å². The highest BCUT2D eigenvalue weighted by Crippen LogP contribution is 2.29. The molecule has 2 N–H and O–H groups in total. The third-order valence-electron chi connectivity index (χ3n) is 3.96. The summed E-state index contributed by atoms with van der Waals surface area (Å²) < 4.78 is 0. The maximum atomic E-state index is 9.21. The minimum Gasteiger partial charge on any atom is -0.396 e. The van der Waals surface area contributed by atoms with E-state index in [2.05, 4.69) is 41.4 Å². The van der Waals surface area contributed by atoms with Crippen molar-refractivity contribution in [2.24, 2.45) is 5.92 Å². The molecule has 1 aliphatic heterocycles. The van der Waals surface area contributed by atoms with Gasteiger partial charge in [0.05, 0.1) is 11.4 Å². The number of hydrogen-bond acceptors (Lipinski definition) is 3. The van der Waals surface area contributed by atoms with Crippen LogP contribution in [0.15, 0.2) is 24.3 Å². The number of benzene rings is 1. The molecule has 19 heavy (non-hydrogen) atoms. The van der Waals surface area contributed by atoms with Gasteiger partial charge in [-0.05, 0) is 37.3 Å². The predicted octanol–water partition coefficient (Wildman–Crippen LogP) is 3.11. The van der Waals surface area contributed by atoms with E-state index in [1.807, 2.05) is 0 Å². The molecule has 1 fully saturated rings. The van der Waals surface area contributed by atoms with Gasteiger partial charge in [0.1, 0.15) is 0 Å². The lowest BCUT2D eigenvalue weighted by Crippen LogP contribution is -2.35. The zero-order chi connectivity index (χ0) is 13.5. The fourth-order valence-corrected chi connectivity index (χ4v) is 2.66. The Hall–Kier alpha value is -1.22. The van der Waals surface area contributed by atoms with Crippen molar-refractivity contribution in [1.29, 1.82) is 0 Å². The highest BCUT2D eigenvalue weighted by molar-refractivity contribution is 5.70.